The van der Waals surface area contributed by atoms with Gasteiger partial charge in [-0.1, -0.05) is 29.8 Å². The third-order valence-corrected chi connectivity index (χ3v) is 3.76. The number of carbonyl (C=O) groups excluding carboxylic acids is 1. The quantitative estimate of drug-likeness (QED) is 0.672. The highest BCUT2D eigenvalue weighted by molar-refractivity contribution is 6.31. The van der Waals surface area contributed by atoms with Crippen molar-refractivity contribution in [3.8, 4) is 0 Å². The number of nitro benzene ring substituents is 1. The fraction of sp³-hybridized carbons (Fsp3) is 0.188. The van der Waals surface area contributed by atoms with Crippen LogP contribution in [0.1, 0.15) is 34.5 Å². The van der Waals surface area contributed by atoms with Crippen molar-refractivity contribution in [2.75, 3.05) is 0 Å². The van der Waals surface area contributed by atoms with Gasteiger partial charge >= 0.3 is 0 Å². The molecule has 0 spiro atoms. The molecule has 0 unspecified atom stereocenters. The molecule has 7 heteroatoms. The molecule has 5 nitrogen and oxygen atoms in total. The maximum Gasteiger partial charge on any atom is 0.270 e. The summed E-state index contributed by atoms with van der Waals surface area (Å²) in [5, 5.41) is 13.9. The summed E-state index contributed by atoms with van der Waals surface area (Å²) < 4.78 is 14.1. The van der Waals surface area contributed by atoms with Crippen LogP contribution in [-0.2, 0) is 0 Å². The van der Waals surface area contributed by atoms with Crippen LogP contribution < -0.4 is 5.32 Å². The van der Waals surface area contributed by atoms with Gasteiger partial charge in [0.1, 0.15) is 5.82 Å². The molecule has 2 aromatic rings. The van der Waals surface area contributed by atoms with E-state index in [0.717, 1.165) is 12.1 Å². The molecule has 1 atom stereocenters. The largest absolute Gasteiger partial charge is 0.345 e. The third-order valence-electron chi connectivity index (χ3n) is 3.41. The molecular weight excluding hydrogens is 323 g/mol. The number of nitrogens with one attached hydrogen (secondary N) is 1. The van der Waals surface area contributed by atoms with Gasteiger partial charge in [0, 0.05) is 17.2 Å². The lowest BCUT2D eigenvalue weighted by atomic mass is 10.1. The van der Waals surface area contributed by atoms with Gasteiger partial charge in [-0.25, -0.2) is 4.39 Å². The van der Waals surface area contributed by atoms with E-state index in [-0.39, 0.29) is 16.8 Å². The Hall–Kier alpha value is -2.47. The second kappa shape index (κ2) is 6.75. The van der Waals surface area contributed by atoms with E-state index >= 15 is 0 Å². The summed E-state index contributed by atoms with van der Waals surface area (Å²) in [5.41, 5.74) is 0.00914. The Morgan fingerprint density at radius 1 is 1.35 bits per heavy atom. The van der Waals surface area contributed by atoms with Crippen LogP contribution in [-0.4, -0.2) is 10.8 Å². The molecular formula is C16H14ClFN2O3. The van der Waals surface area contributed by atoms with Crippen molar-refractivity contribution >= 4 is 23.2 Å². The maximum atomic E-state index is 14.1. The predicted octanol–water partition coefficient (Wildman–Crippen LogP) is 4.19. The highest BCUT2D eigenvalue weighted by Crippen LogP contribution is 2.24. The Kier molecular flexibility index (Phi) is 4.95. The van der Waals surface area contributed by atoms with Crippen molar-refractivity contribution in [1.82, 2.24) is 5.32 Å². The summed E-state index contributed by atoms with van der Waals surface area (Å²) in [6, 6.07) is 8.47. The van der Waals surface area contributed by atoms with Crippen LogP contribution in [0.4, 0.5) is 10.1 Å². The summed E-state index contributed by atoms with van der Waals surface area (Å²) in [6.07, 6.45) is 0. The van der Waals surface area contributed by atoms with Gasteiger partial charge in [-0.05, 0) is 31.0 Å². The molecule has 0 aliphatic heterocycles. The van der Waals surface area contributed by atoms with Crippen LogP contribution in [0.5, 0.6) is 0 Å². The molecule has 0 aliphatic carbocycles. The van der Waals surface area contributed by atoms with Gasteiger partial charge in [0.05, 0.1) is 16.5 Å². The van der Waals surface area contributed by atoms with Crippen LogP contribution in [0.2, 0.25) is 5.02 Å². The molecule has 0 bridgehead atoms. The van der Waals surface area contributed by atoms with E-state index in [9.17, 15) is 19.3 Å². The van der Waals surface area contributed by atoms with Crippen molar-refractivity contribution < 1.29 is 14.1 Å². The van der Waals surface area contributed by atoms with Crippen molar-refractivity contribution in [3.63, 3.8) is 0 Å². The SMILES string of the molecule is Cc1cc([N+](=O)[O-])cc(C(=O)N[C@H](C)c2ccccc2Cl)c1F. The Morgan fingerprint density at radius 3 is 2.61 bits per heavy atom. The molecule has 23 heavy (non-hydrogen) atoms. The highest BCUT2D eigenvalue weighted by atomic mass is 35.5. The van der Waals surface area contributed by atoms with E-state index < -0.39 is 22.7 Å². The molecule has 0 fully saturated rings. The zero-order chi connectivity index (χ0) is 17.1. The van der Waals surface area contributed by atoms with E-state index in [1.807, 2.05) is 0 Å². The molecule has 0 radical (unpaired) electrons. The van der Waals surface area contributed by atoms with Gasteiger partial charge in [0.2, 0.25) is 0 Å². The van der Waals surface area contributed by atoms with Gasteiger partial charge < -0.3 is 5.32 Å². The van der Waals surface area contributed by atoms with Gasteiger partial charge in [0.25, 0.3) is 11.6 Å². The zero-order valence-electron chi connectivity index (χ0n) is 12.5. The minimum absolute atomic E-state index is 0.0368. The minimum Gasteiger partial charge on any atom is -0.345 e. The lowest BCUT2D eigenvalue weighted by Crippen LogP contribution is -2.28. The van der Waals surface area contributed by atoms with Crippen LogP contribution in [0, 0.1) is 22.9 Å². The van der Waals surface area contributed by atoms with Gasteiger partial charge in [-0.15, -0.1) is 0 Å². The summed E-state index contributed by atoms with van der Waals surface area (Å²) in [7, 11) is 0. The number of amides is 1. The van der Waals surface area contributed by atoms with Crippen molar-refractivity contribution in [2.24, 2.45) is 0 Å². The molecule has 0 saturated carbocycles. The minimum atomic E-state index is -0.778. The molecule has 0 heterocycles. The fourth-order valence-corrected chi connectivity index (χ4v) is 2.50. The van der Waals surface area contributed by atoms with Crippen LogP contribution in [0.15, 0.2) is 36.4 Å². The van der Waals surface area contributed by atoms with Gasteiger partial charge in [-0.2, -0.15) is 0 Å². The monoisotopic (exact) mass is 336 g/mol. The first-order valence-corrected chi connectivity index (χ1v) is 7.19. The molecule has 2 rings (SSSR count). The van der Waals surface area contributed by atoms with Gasteiger partial charge in [-0.3, -0.25) is 14.9 Å². The van der Waals surface area contributed by atoms with Crippen LogP contribution >= 0.6 is 11.6 Å². The molecule has 0 saturated heterocycles. The number of halogens is 2. The fourth-order valence-electron chi connectivity index (χ4n) is 2.20. The topological polar surface area (TPSA) is 72.2 Å². The second-order valence-corrected chi connectivity index (χ2v) is 5.51. The Bertz CT molecular complexity index is 780. The van der Waals surface area contributed by atoms with Crippen molar-refractivity contribution in [1.29, 1.82) is 0 Å². The molecule has 0 aromatic heterocycles. The number of non-ortho nitro benzene ring substituents is 1. The average molecular weight is 337 g/mol. The molecule has 1 amide bonds. The van der Waals surface area contributed by atoms with E-state index in [0.29, 0.717) is 10.6 Å². The number of nitro groups is 1. The zero-order valence-corrected chi connectivity index (χ0v) is 13.2. The van der Waals surface area contributed by atoms with Gasteiger partial charge in [0.15, 0.2) is 0 Å². The Labute approximate surface area is 137 Å². The van der Waals surface area contributed by atoms with Crippen molar-refractivity contribution in [3.05, 3.63) is 74.0 Å². The van der Waals surface area contributed by atoms with E-state index in [2.05, 4.69) is 5.32 Å². The van der Waals surface area contributed by atoms with E-state index in [1.165, 1.54) is 6.92 Å². The first kappa shape index (κ1) is 16.9. The Morgan fingerprint density at radius 2 is 2.00 bits per heavy atom. The number of hydrogen-bond donors (Lipinski definition) is 1. The maximum absolute atomic E-state index is 14.1. The number of carbonyl (C=O) groups is 1. The predicted molar refractivity (Wildman–Crippen MR) is 85.1 cm³/mol. The molecule has 0 aliphatic rings. The summed E-state index contributed by atoms with van der Waals surface area (Å²) in [5.74, 6) is -1.51. The molecule has 1 N–H and O–H groups in total. The normalized spacial score (nSPS) is 11.8. The average Bonchev–Trinajstić information content (AvgIpc) is 2.49. The van der Waals surface area contributed by atoms with Crippen LogP contribution in [0.25, 0.3) is 0 Å². The summed E-state index contributed by atoms with van der Waals surface area (Å²) >= 11 is 6.06. The number of benzene rings is 2. The van der Waals surface area contributed by atoms with E-state index in [1.54, 1.807) is 31.2 Å². The number of hydrogen-bond acceptors (Lipinski definition) is 3. The standard InChI is InChI=1S/C16H14ClFN2O3/c1-9-7-11(20(22)23)8-13(15(9)18)16(21)19-10(2)12-5-3-4-6-14(12)17/h3-8,10H,1-2H3,(H,19,21)/t10-/m1/s1. The molecule has 120 valence electrons. The smallest absolute Gasteiger partial charge is 0.270 e. The first-order chi connectivity index (χ1) is 10.8. The molecule has 2 aromatic carbocycles. The first-order valence-electron chi connectivity index (χ1n) is 6.81. The lowest BCUT2D eigenvalue weighted by Gasteiger charge is -2.16. The number of rotatable bonds is 4. The summed E-state index contributed by atoms with van der Waals surface area (Å²) in [6.45, 7) is 3.07. The van der Waals surface area contributed by atoms with Crippen LogP contribution in [0.3, 0.4) is 0 Å². The number of aryl methyl sites for hydroxylation is 1. The third kappa shape index (κ3) is 3.65. The Balaban J connectivity index is 2.31. The lowest BCUT2D eigenvalue weighted by molar-refractivity contribution is -0.385. The van der Waals surface area contributed by atoms with E-state index in [4.69, 9.17) is 11.6 Å². The van der Waals surface area contributed by atoms with Crippen molar-refractivity contribution in [2.45, 2.75) is 19.9 Å². The summed E-state index contributed by atoms with van der Waals surface area (Å²) in [4.78, 5) is 22.5. The number of nitrogens with zero attached hydrogens (tertiary/aromatic N) is 1. The second-order valence-electron chi connectivity index (χ2n) is 5.10. The highest BCUT2D eigenvalue weighted by Gasteiger charge is 2.21.